The molecule has 1 fully saturated rings. The van der Waals surface area contributed by atoms with Gasteiger partial charge in [0.1, 0.15) is 29.4 Å². The van der Waals surface area contributed by atoms with E-state index in [1.54, 1.807) is 92.6 Å². The van der Waals surface area contributed by atoms with Crippen molar-refractivity contribution in [2.45, 2.75) is 194 Å². The van der Waals surface area contributed by atoms with Gasteiger partial charge in [0, 0.05) is 72.8 Å². The number of likely N-dealkylation sites (tertiary alicyclic amines) is 1. The van der Waals surface area contributed by atoms with Crippen LogP contribution in [0.4, 0.5) is 33.2 Å². The van der Waals surface area contributed by atoms with Crippen LogP contribution in [0.2, 0.25) is 10.0 Å². The highest BCUT2D eigenvalue weighted by Crippen LogP contribution is 2.41. The van der Waals surface area contributed by atoms with Crippen molar-refractivity contribution in [3.8, 4) is 17.2 Å². The Bertz CT molecular complexity index is 5180. The quantitative estimate of drug-likeness (QED) is 0.0186. The Kier molecular flexibility index (Phi) is 31.2. The van der Waals surface area contributed by atoms with E-state index in [0.717, 1.165) is 96.1 Å². The highest BCUT2D eigenvalue weighted by molar-refractivity contribution is 8.13. The molecule has 0 saturated carbocycles. The SMILES string of the molecule is CC.CCC(Oc1ccc(C(C)(C)CC)cc1C(C)(C)CC)C(=O)Nc1ccc(N2N=C(N3CCCC3)C(Sc3nnnn3-c3ccccc3)C2=O)cc1.CCN(Cc1cc([N+](=O)[O-])ccc1OC(C(=O)Nc1cc(C)ccc1Cl)C(=O)C(C)(C)C)C(=O)Sc1nnnn1C.CCc1ccc(Cl)c(NC(=O)Cn2nnc3ccccc32)c1. The number of nitro groups is 1. The summed E-state index contributed by atoms with van der Waals surface area (Å²) in [6.07, 6.45) is 3.11. The number of halogens is 2. The van der Waals surface area contributed by atoms with Crippen molar-refractivity contribution >= 4 is 127 Å². The molecule has 0 radical (unpaired) electrons. The Labute approximate surface area is 699 Å². The van der Waals surface area contributed by atoms with E-state index in [2.05, 4.69) is 123 Å². The first-order valence-electron chi connectivity index (χ1n) is 38.8. The number of ether oxygens (including phenoxy) is 2. The maximum Gasteiger partial charge on any atom is 0.289 e. The number of hydrogen-bond acceptors (Lipinski definition) is 22. The van der Waals surface area contributed by atoms with Gasteiger partial charge in [-0.05, 0) is 186 Å². The van der Waals surface area contributed by atoms with Gasteiger partial charge in [-0.3, -0.25) is 38.9 Å². The number of anilines is 4. The standard InChI is InChI=1S/C40H50N8O3S.C26H30ClN7O6S.C16H15ClN4O.C2H6/c1-8-32(51-33-23-18-27(39(4,5)9-2)26-31(33)40(6,7)10-3)36(49)41-28-19-21-30(22-20-28)47-37(50)34(35(43-47)46-24-14-15-25-46)52-38-42-44-45-48(38)29-16-12-11-13-17-29;1-7-33(25(37)41-24-29-30-31-32(24)6)14-16-13-17(34(38)39)9-11-20(16)40-21(22(35)26(3,4)5)23(36)28-19-12-15(2)8-10-18(19)27;1-2-11-7-8-12(17)14(9-11)18-16(22)10-21-15-6-4-3-5-13(15)19-20-21;1-2/h11-13,16-23,26,32,34H,8-10,14-15,24-25H2,1-7H3,(H,41,49);8-13,21H,7,14H2,1-6H3,(H,28,36);3-9H,2,10H2,1H3,(H,18,22);1-2H3. The van der Waals surface area contributed by atoms with E-state index < -0.39 is 44.7 Å². The average Bonchev–Trinajstić information content (AvgIpc) is 1.62. The Balaban J connectivity index is 0.000000213. The van der Waals surface area contributed by atoms with Crippen molar-refractivity contribution in [2.75, 3.05) is 40.6 Å². The fourth-order valence-corrected chi connectivity index (χ4v) is 14.2. The number of benzene rings is 7. The van der Waals surface area contributed by atoms with Gasteiger partial charge in [-0.15, -0.1) is 15.3 Å². The molecule has 2 aliphatic heterocycles. The first-order valence-corrected chi connectivity index (χ1v) is 41.3. The van der Waals surface area contributed by atoms with Crippen molar-refractivity contribution in [3.05, 3.63) is 200 Å². The zero-order valence-electron chi connectivity index (χ0n) is 68.8. The molecule has 5 amide bonds. The number of carbonyl (C=O) groups is 6. The number of thioether (sulfide) groups is 2. The summed E-state index contributed by atoms with van der Waals surface area (Å²) in [5.41, 5.74) is 7.76. The number of Topliss-reactive ketones (excluding diaryl/α,β-unsaturated/α-hetero) is 1. The predicted molar refractivity (Wildman–Crippen MR) is 459 cm³/mol. The van der Waals surface area contributed by atoms with Gasteiger partial charge in [-0.25, -0.2) is 9.36 Å². The second-order valence-electron chi connectivity index (χ2n) is 29.8. The van der Waals surface area contributed by atoms with Crippen LogP contribution in [0.1, 0.15) is 157 Å². The molecule has 12 rings (SSSR count). The number of amidine groups is 1. The third-order valence-corrected chi connectivity index (χ3v) is 22.6. The van der Waals surface area contributed by atoms with Gasteiger partial charge >= 0.3 is 0 Å². The molecule has 3 N–H and O–H groups in total. The minimum Gasteiger partial charge on any atom is -0.480 e. The number of rotatable bonds is 27. The lowest BCUT2D eigenvalue weighted by molar-refractivity contribution is -0.385. The van der Waals surface area contributed by atoms with E-state index in [4.69, 9.17) is 37.8 Å². The summed E-state index contributed by atoms with van der Waals surface area (Å²) in [4.78, 5) is 94.3. The van der Waals surface area contributed by atoms with Gasteiger partial charge in [-0.2, -0.15) is 14.8 Å². The number of nitrogens with zero attached hydrogens (tertiary/aromatic N) is 16. The third-order valence-electron chi connectivity index (χ3n) is 19.8. The van der Waals surface area contributed by atoms with Crippen LogP contribution < -0.4 is 30.4 Å². The summed E-state index contributed by atoms with van der Waals surface area (Å²) in [6.45, 7) is 31.7. The molecule has 5 heterocycles. The van der Waals surface area contributed by atoms with Crippen LogP contribution in [0.25, 0.3) is 16.7 Å². The number of hydrazone groups is 1. The number of non-ortho nitro benzene ring substituents is 1. The number of ketones is 1. The molecule has 3 atom stereocenters. The summed E-state index contributed by atoms with van der Waals surface area (Å²) in [5.74, 6) is -0.424. The molecule has 10 aromatic rings. The monoisotopic (exact) mass is 1670 g/mol. The zero-order valence-corrected chi connectivity index (χ0v) is 71.9. The summed E-state index contributed by atoms with van der Waals surface area (Å²) in [7, 11) is 1.58. The average molecular weight is 1670 g/mol. The Hall–Kier alpha value is -11.2. The summed E-state index contributed by atoms with van der Waals surface area (Å²) >= 11 is 14.5. The second-order valence-corrected chi connectivity index (χ2v) is 32.6. The molecule has 3 aromatic heterocycles. The highest BCUT2D eigenvalue weighted by atomic mass is 35.5. The normalized spacial score (nSPS) is 13.8. The van der Waals surface area contributed by atoms with Crippen molar-refractivity contribution in [1.29, 1.82) is 0 Å². The van der Waals surface area contributed by atoms with Crippen LogP contribution in [0.3, 0.4) is 0 Å². The molecule has 1 saturated heterocycles. The summed E-state index contributed by atoms with van der Waals surface area (Å²) in [6, 6.07) is 45.2. The number of nitrogens with one attached hydrogen (secondary N) is 3. The number of aryl methyl sites for hydroxylation is 3. The van der Waals surface area contributed by atoms with E-state index in [0.29, 0.717) is 45.2 Å². The maximum absolute atomic E-state index is 14.0. The molecular weight excluding hydrogens is 1570 g/mol. The number of fused-ring (bicyclic) bond motifs is 1. The fraction of sp³-hybridized carbons (Fsp3) is 0.393. The largest absolute Gasteiger partial charge is 0.480 e. The minimum absolute atomic E-state index is 0.0280. The van der Waals surface area contributed by atoms with Crippen LogP contribution in [0, 0.1) is 22.5 Å². The van der Waals surface area contributed by atoms with Crippen LogP contribution in [0.5, 0.6) is 11.5 Å². The summed E-state index contributed by atoms with van der Waals surface area (Å²) in [5, 5.41) is 58.3. The fourth-order valence-electron chi connectivity index (χ4n) is 12.1. The van der Waals surface area contributed by atoms with Crippen molar-refractivity contribution in [3.63, 3.8) is 0 Å². The van der Waals surface area contributed by atoms with E-state index in [-0.39, 0.29) is 75.4 Å². The number of aromatic nitrogens is 11. The topological polar surface area (TPSA) is 340 Å². The van der Waals surface area contributed by atoms with E-state index >= 15 is 0 Å². The van der Waals surface area contributed by atoms with Crippen LogP contribution in [-0.4, -0.2) is 148 Å². The molecule has 0 bridgehead atoms. The van der Waals surface area contributed by atoms with Gasteiger partial charge < -0.3 is 35.2 Å². The predicted octanol–water partition coefficient (Wildman–Crippen LogP) is 16.9. The highest BCUT2D eigenvalue weighted by Gasteiger charge is 2.43. The van der Waals surface area contributed by atoms with Gasteiger partial charge in [0.15, 0.2) is 17.1 Å². The van der Waals surface area contributed by atoms with E-state index in [1.807, 2.05) is 100 Å². The maximum atomic E-state index is 14.0. The van der Waals surface area contributed by atoms with Crippen LogP contribution in [-0.2, 0) is 61.4 Å². The molecule has 2 aliphatic rings. The molecular formula is C84H101Cl2N19O10S2. The number of carbonyl (C=O) groups excluding carboxylic acids is 6. The number of tetrazole rings is 2. The lowest BCUT2D eigenvalue weighted by Crippen LogP contribution is -2.45. The molecule has 3 unspecified atom stereocenters. The number of amides is 5. The Morgan fingerprint density at radius 3 is 1.97 bits per heavy atom. The van der Waals surface area contributed by atoms with Crippen LogP contribution >= 0.6 is 46.7 Å². The number of nitro benzene ring substituents is 1. The second kappa shape index (κ2) is 40.6. The van der Waals surface area contributed by atoms with Crippen molar-refractivity contribution in [1.82, 2.24) is 65.2 Å². The minimum atomic E-state index is -1.63. The molecule has 618 valence electrons. The lowest BCUT2D eigenvalue weighted by Gasteiger charge is -2.31. The van der Waals surface area contributed by atoms with Gasteiger partial charge in [0.05, 0.1) is 49.8 Å². The first kappa shape index (κ1) is 89.8. The molecule has 0 aliphatic carbocycles. The van der Waals surface area contributed by atoms with Gasteiger partial charge in [0.2, 0.25) is 22.3 Å². The molecule has 7 aromatic carbocycles. The van der Waals surface area contributed by atoms with Crippen molar-refractivity contribution in [2.24, 2.45) is 17.6 Å². The zero-order chi connectivity index (χ0) is 85.1. The number of hydrogen-bond donors (Lipinski definition) is 3. The molecule has 33 heteroatoms. The Morgan fingerprint density at radius 1 is 0.684 bits per heavy atom. The van der Waals surface area contributed by atoms with Gasteiger partial charge in [0.25, 0.3) is 28.6 Å². The molecule has 117 heavy (non-hydrogen) atoms. The number of para-hydroxylation sites is 2. The van der Waals surface area contributed by atoms with E-state index in [9.17, 15) is 38.9 Å². The van der Waals surface area contributed by atoms with E-state index in [1.165, 1.54) is 50.1 Å². The van der Waals surface area contributed by atoms with Crippen LogP contribution in [0.15, 0.2) is 167 Å². The summed E-state index contributed by atoms with van der Waals surface area (Å²) < 4.78 is 17.0. The third kappa shape index (κ3) is 22.9. The molecule has 29 nitrogen and oxygen atoms in total. The van der Waals surface area contributed by atoms with Crippen molar-refractivity contribution < 1.29 is 43.2 Å². The molecule has 0 spiro atoms. The lowest BCUT2D eigenvalue weighted by atomic mass is 9.76. The first-order chi connectivity index (χ1) is 55.8. The smallest absolute Gasteiger partial charge is 0.289 e. The Morgan fingerprint density at radius 2 is 1.33 bits per heavy atom. The van der Waals surface area contributed by atoms with Gasteiger partial charge in [-0.1, -0.05) is 185 Å².